The normalized spacial score (nSPS) is 14.8. The van der Waals surface area contributed by atoms with E-state index >= 15 is 0 Å². The zero-order valence-electron chi connectivity index (χ0n) is 16.7. The molecule has 0 aliphatic carbocycles. The molecule has 152 valence electrons. The highest BCUT2D eigenvalue weighted by molar-refractivity contribution is 7.59. The average Bonchev–Trinajstić information content (AvgIpc) is 2.96. The van der Waals surface area contributed by atoms with E-state index in [0.717, 1.165) is 21.7 Å². The van der Waals surface area contributed by atoms with Crippen molar-refractivity contribution in [1.82, 2.24) is 4.98 Å². The molecule has 0 bridgehead atoms. The van der Waals surface area contributed by atoms with Gasteiger partial charge in [-0.05, 0) is 26.0 Å². The highest BCUT2D eigenvalue weighted by Crippen LogP contribution is 2.52. The summed E-state index contributed by atoms with van der Waals surface area (Å²) in [5.74, 6) is 1.07. The van der Waals surface area contributed by atoms with Crippen LogP contribution in [0.5, 0.6) is 17.2 Å². The monoisotopic (exact) mass is 428 g/mol. The third-order valence-corrected chi connectivity index (χ3v) is 6.30. The van der Waals surface area contributed by atoms with Gasteiger partial charge in [-0.2, -0.15) is 13.5 Å². The number of phenols is 1. The van der Waals surface area contributed by atoms with E-state index in [9.17, 15) is 9.90 Å². The second kappa shape index (κ2) is 7.72. The van der Waals surface area contributed by atoms with E-state index < -0.39 is 5.41 Å². The minimum Gasteiger partial charge on any atom is -0.508 e. The Morgan fingerprint density at radius 3 is 2.52 bits per heavy atom. The number of thiazole rings is 1. The first-order chi connectivity index (χ1) is 13.3. The van der Waals surface area contributed by atoms with Crippen LogP contribution in [0.15, 0.2) is 42.5 Å². The number of aryl methyl sites for hydroxylation is 2. The first-order valence-corrected chi connectivity index (χ1v) is 9.94. The Kier molecular flexibility index (Phi) is 5.65. The molecule has 1 amide bonds. The zero-order valence-corrected chi connectivity index (χ0v) is 18.6. The lowest BCUT2D eigenvalue weighted by atomic mass is 9.69. The zero-order chi connectivity index (χ0) is 20.1. The van der Waals surface area contributed by atoms with Crippen molar-refractivity contribution in [3.8, 4) is 17.2 Å². The molecule has 1 aliphatic heterocycles. The Labute approximate surface area is 181 Å². The number of nitrogens with zero attached hydrogens (tertiary/aromatic N) is 1. The standard InChI is InChI=1S/C22H22N2O3S.H2S/c1-12-13(2)28-21(23-12)24-20(26)22(3,4)19-15-7-5-6-8-17(15)27-18-11-14(25)9-10-16(18)19;/h5-11,19,25H,1-4H3,(H,23,24,26);1H2/t19-;/m0./s1. The summed E-state index contributed by atoms with van der Waals surface area (Å²) in [6.45, 7) is 7.79. The molecule has 0 saturated carbocycles. The first kappa shape index (κ1) is 21.2. The molecule has 0 radical (unpaired) electrons. The molecule has 2 N–H and O–H groups in total. The smallest absolute Gasteiger partial charge is 0.232 e. The minimum absolute atomic E-state index is 0. The molecule has 1 atom stereocenters. The summed E-state index contributed by atoms with van der Waals surface area (Å²) < 4.78 is 6.00. The van der Waals surface area contributed by atoms with Crippen molar-refractivity contribution in [1.29, 1.82) is 0 Å². The molecule has 0 spiro atoms. The Morgan fingerprint density at radius 2 is 1.83 bits per heavy atom. The van der Waals surface area contributed by atoms with Crippen molar-refractivity contribution in [3.63, 3.8) is 0 Å². The topological polar surface area (TPSA) is 71.5 Å². The number of hydrogen-bond acceptors (Lipinski definition) is 5. The highest BCUT2D eigenvalue weighted by atomic mass is 32.1. The van der Waals surface area contributed by atoms with Crippen molar-refractivity contribution < 1.29 is 14.6 Å². The molecule has 7 heteroatoms. The summed E-state index contributed by atoms with van der Waals surface area (Å²) in [5, 5.41) is 13.5. The minimum atomic E-state index is -0.779. The van der Waals surface area contributed by atoms with Gasteiger partial charge in [-0.3, -0.25) is 4.79 Å². The van der Waals surface area contributed by atoms with Gasteiger partial charge in [-0.25, -0.2) is 4.98 Å². The van der Waals surface area contributed by atoms with E-state index in [0.29, 0.717) is 16.6 Å². The summed E-state index contributed by atoms with van der Waals surface area (Å²) in [6, 6.07) is 12.8. The van der Waals surface area contributed by atoms with Gasteiger partial charge >= 0.3 is 0 Å². The van der Waals surface area contributed by atoms with Crippen LogP contribution >= 0.6 is 24.8 Å². The number of para-hydroxylation sites is 1. The Morgan fingerprint density at radius 1 is 1.14 bits per heavy atom. The number of phenolic OH excluding ortho intramolecular Hbond substituents is 1. The number of fused-ring (bicyclic) bond motifs is 2. The number of carbonyl (C=O) groups excluding carboxylic acids is 1. The first-order valence-electron chi connectivity index (χ1n) is 9.12. The van der Waals surface area contributed by atoms with Crippen molar-refractivity contribution >= 4 is 35.9 Å². The number of anilines is 1. The largest absolute Gasteiger partial charge is 0.508 e. The van der Waals surface area contributed by atoms with Gasteiger partial charge in [0.05, 0.1) is 11.1 Å². The predicted molar refractivity (Wildman–Crippen MR) is 121 cm³/mol. The second-order valence-electron chi connectivity index (χ2n) is 7.63. The molecule has 2 heterocycles. The van der Waals surface area contributed by atoms with Gasteiger partial charge in [0.25, 0.3) is 0 Å². The lowest BCUT2D eigenvalue weighted by molar-refractivity contribution is -0.124. The van der Waals surface area contributed by atoms with Crippen LogP contribution in [-0.2, 0) is 4.79 Å². The fraction of sp³-hybridized carbons (Fsp3) is 0.273. The Bertz CT molecular complexity index is 1060. The summed E-state index contributed by atoms with van der Waals surface area (Å²) in [5.41, 5.74) is 1.98. The summed E-state index contributed by atoms with van der Waals surface area (Å²) in [6.07, 6.45) is 0. The van der Waals surface area contributed by atoms with E-state index in [1.54, 1.807) is 12.1 Å². The SMILES string of the molecule is Cc1nc(NC(=O)C(C)(C)[C@H]2c3ccccc3Oc3cc(O)ccc32)sc1C.S. The molecule has 0 saturated heterocycles. The molecular weight excluding hydrogens is 404 g/mol. The molecule has 2 aromatic carbocycles. The molecule has 29 heavy (non-hydrogen) atoms. The van der Waals surface area contributed by atoms with Crippen molar-refractivity contribution in [3.05, 3.63) is 64.2 Å². The average molecular weight is 429 g/mol. The molecule has 5 nitrogen and oxygen atoms in total. The molecule has 0 unspecified atom stereocenters. The second-order valence-corrected chi connectivity index (χ2v) is 8.83. The quantitative estimate of drug-likeness (QED) is 0.579. The molecule has 1 aromatic heterocycles. The number of hydrogen-bond donors (Lipinski definition) is 2. The Hall–Kier alpha value is -2.51. The molecule has 4 rings (SSSR count). The number of carbonyl (C=O) groups is 1. The molecule has 3 aromatic rings. The van der Waals surface area contributed by atoms with Gasteiger partial charge in [-0.1, -0.05) is 38.1 Å². The van der Waals surface area contributed by atoms with E-state index in [2.05, 4.69) is 10.3 Å². The van der Waals surface area contributed by atoms with Gasteiger partial charge in [0, 0.05) is 28.0 Å². The maximum atomic E-state index is 13.3. The number of amides is 1. The van der Waals surface area contributed by atoms with Crippen LogP contribution in [0.2, 0.25) is 0 Å². The molecular formula is C22H24N2O3S2. The number of nitrogens with one attached hydrogen (secondary N) is 1. The van der Waals surface area contributed by atoms with Crippen LogP contribution in [0.25, 0.3) is 0 Å². The van der Waals surface area contributed by atoms with Crippen LogP contribution in [0.3, 0.4) is 0 Å². The van der Waals surface area contributed by atoms with E-state index in [1.165, 1.54) is 11.3 Å². The van der Waals surface area contributed by atoms with Crippen LogP contribution in [0.1, 0.15) is 41.5 Å². The third-order valence-electron chi connectivity index (χ3n) is 5.31. The summed E-state index contributed by atoms with van der Waals surface area (Å²) in [7, 11) is 0. The summed E-state index contributed by atoms with van der Waals surface area (Å²) >= 11 is 1.48. The predicted octanol–water partition coefficient (Wildman–Crippen LogP) is 5.48. The van der Waals surface area contributed by atoms with Crippen LogP contribution in [0, 0.1) is 19.3 Å². The third kappa shape index (κ3) is 3.72. The van der Waals surface area contributed by atoms with Gasteiger partial charge in [0.2, 0.25) is 5.91 Å². The molecule has 1 aliphatic rings. The fourth-order valence-electron chi connectivity index (χ4n) is 3.64. The molecule has 0 fully saturated rings. The summed E-state index contributed by atoms with van der Waals surface area (Å²) in [4.78, 5) is 18.8. The van der Waals surface area contributed by atoms with Gasteiger partial charge in [0.15, 0.2) is 5.13 Å². The van der Waals surface area contributed by atoms with Crippen LogP contribution in [-0.4, -0.2) is 16.0 Å². The number of ether oxygens (including phenoxy) is 1. The van der Waals surface area contributed by atoms with Gasteiger partial charge < -0.3 is 15.2 Å². The number of rotatable bonds is 3. The van der Waals surface area contributed by atoms with Crippen LogP contribution < -0.4 is 10.1 Å². The van der Waals surface area contributed by atoms with Crippen molar-refractivity contribution in [2.45, 2.75) is 33.6 Å². The highest BCUT2D eigenvalue weighted by Gasteiger charge is 2.43. The maximum absolute atomic E-state index is 13.3. The van der Waals surface area contributed by atoms with Crippen molar-refractivity contribution in [2.24, 2.45) is 5.41 Å². The number of aromatic nitrogens is 1. The van der Waals surface area contributed by atoms with Gasteiger partial charge in [-0.15, -0.1) is 11.3 Å². The Balaban J connectivity index is 0.00000240. The number of aromatic hydroxyl groups is 1. The van der Waals surface area contributed by atoms with Crippen LogP contribution in [0.4, 0.5) is 5.13 Å². The number of benzene rings is 2. The van der Waals surface area contributed by atoms with Crippen molar-refractivity contribution in [2.75, 3.05) is 5.32 Å². The van der Waals surface area contributed by atoms with E-state index in [-0.39, 0.29) is 31.1 Å². The lowest BCUT2D eigenvalue weighted by Gasteiger charge is -2.38. The maximum Gasteiger partial charge on any atom is 0.232 e. The van der Waals surface area contributed by atoms with E-state index in [4.69, 9.17) is 4.74 Å². The van der Waals surface area contributed by atoms with Gasteiger partial charge in [0.1, 0.15) is 17.2 Å². The fourth-order valence-corrected chi connectivity index (χ4v) is 4.45. The lowest BCUT2D eigenvalue weighted by Crippen LogP contribution is -2.38. The van der Waals surface area contributed by atoms with E-state index in [1.807, 2.05) is 58.0 Å².